The number of carbonyl (C=O) groups excluding carboxylic acids is 2. The Morgan fingerprint density at radius 1 is 1.41 bits per heavy atom. The minimum absolute atomic E-state index is 0.0147. The fourth-order valence-corrected chi connectivity index (χ4v) is 3.90. The van der Waals surface area contributed by atoms with Crippen molar-refractivity contribution in [2.24, 2.45) is 5.92 Å². The number of nitrogens with zero attached hydrogens (tertiary/aromatic N) is 5. The Labute approximate surface area is 160 Å². The zero-order valence-corrected chi connectivity index (χ0v) is 15.9. The molecule has 2 aromatic heterocycles. The molecule has 0 aromatic carbocycles. The van der Waals surface area contributed by atoms with E-state index >= 15 is 0 Å². The number of ether oxygens (including phenoxy) is 1. The smallest absolute Gasteiger partial charge is 0.242 e. The van der Waals surface area contributed by atoms with Gasteiger partial charge in [0.1, 0.15) is 12.9 Å². The molecule has 3 rings (SSSR count). The van der Waals surface area contributed by atoms with Crippen LogP contribution in [0.25, 0.3) is 0 Å². The highest BCUT2D eigenvalue weighted by Gasteiger charge is 2.34. The third kappa shape index (κ3) is 5.54. The predicted molar refractivity (Wildman–Crippen MR) is 96.7 cm³/mol. The summed E-state index contributed by atoms with van der Waals surface area (Å²) in [5.74, 6) is -0.342. The number of methoxy groups -OCH3 is 1. The summed E-state index contributed by atoms with van der Waals surface area (Å²) in [7, 11) is 1.62. The van der Waals surface area contributed by atoms with Gasteiger partial charge in [-0.15, -0.1) is 16.4 Å². The Bertz CT molecular complexity index is 722. The molecule has 1 aliphatic carbocycles. The first-order valence-electron chi connectivity index (χ1n) is 8.84. The molecule has 27 heavy (non-hydrogen) atoms. The first-order chi connectivity index (χ1) is 13.2. The maximum Gasteiger partial charge on any atom is 0.242 e. The number of aromatic nitrogens is 5. The van der Waals surface area contributed by atoms with Crippen molar-refractivity contribution in [2.75, 3.05) is 13.7 Å². The van der Waals surface area contributed by atoms with Crippen LogP contribution in [0.1, 0.15) is 24.3 Å². The molecule has 0 saturated heterocycles. The number of carbonyl (C=O) groups is 2. The lowest BCUT2D eigenvalue weighted by Crippen LogP contribution is -2.51. The zero-order valence-electron chi connectivity index (χ0n) is 15.1. The molecule has 10 nitrogen and oxygen atoms in total. The van der Waals surface area contributed by atoms with Gasteiger partial charge in [-0.25, -0.2) is 9.67 Å². The van der Waals surface area contributed by atoms with Gasteiger partial charge in [-0.05, 0) is 29.7 Å². The molecule has 0 aliphatic heterocycles. The quantitative estimate of drug-likeness (QED) is 0.636. The van der Waals surface area contributed by atoms with Crippen molar-refractivity contribution in [3.8, 4) is 0 Å². The molecule has 0 radical (unpaired) electrons. The Kier molecular flexibility index (Phi) is 6.82. The summed E-state index contributed by atoms with van der Waals surface area (Å²) < 4.78 is 6.85. The normalized spacial score (nSPS) is 22.3. The third-order valence-corrected chi connectivity index (χ3v) is 5.46. The van der Waals surface area contributed by atoms with Crippen molar-refractivity contribution < 1.29 is 14.3 Å². The van der Waals surface area contributed by atoms with Gasteiger partial charge in [0.2, 0.25) is 11.8 Å². The van der Waals surface area contributed by atoms with Gasteiger partial charge in [0.25, 0.3) is 0 Å². The van der Waals surface area contributed by atoms with E-state index in [2.05, 4.69) is 31.1 Å². The van der Waals surface area contributed by atoms with Gasteiger partial charge in [0, 0.05) is 37.6 Å². The minimum atomic E-state index is -0.220. The van der Waals surface area contributed by atoms with E-state index in [-0.39, 0.29) is 36.4 Å². The van der Waals surface area contributed by atoms with E-state index < -0.39 is 0 Å². The van der Waals surface area contributed by atoms with E-state index in [0.29, 0.717) is 13.0 Å². The van der Waals surface area contributed by atoms with Crippen LogP contribution in [0.4, 0.5) is 0 Å². The molecule has 1 saturated carbocycles. The van der Waals surface area contributed by atoms with Gasteiger partial charge in [-0.2, -0.15) is 0 Å². The Morgan fingerprint density at radius 3 is 3.00 bits per heavy atom. The molecule has 146 valence electrons. The maximum absolute atomic E-state index is 12.5. The summed E-state index contributed by atoms with van der Waals surface area (Å²) in [5.41, 5.74) is 0. The van der Waals surface area contributed by atoms with Crippen molar-refractivity contribution >= 4 is 23.2 Å². The number of amides is 2. The maximum atomic E-state index is 12.5. The first kappa shape index (κ1) is 19.4. The third-order valence-electron chi connectivity index (χ3n) is 4.63. The molecule has 1 fully saturated rings. The highest BCUT2D eigenvalue weighted by atomic mass is 32.1. The van der Waals surface area contributed by atoms with Crippen molar-refractivity contribution in [1.82, 2.24) is 35.8 Å². The van der Waals surface area contributed by atoms with Crippen LogP contribution in [0.5, 0.6) is 0 Å². The molecule has 1 aliphatic rings. The molecule has 0 unspecified atom stereocenters. The van der Waals surface area contributed by atoms with Crippen LogP contribution in [0.2, 0.25) is 0 Å². The lowest BCUT2D eigenvalue weighted by atomic mass is 9.83. The van der Waals surface area contributed by atoms with Gasteiger partial charge in [0.15, 0.2) is 0 Å². The second kappa shape index (κ2) is 9.51. The molecule has 2 heterocycles. The van der Waals surface area contributed by atoms with Crippen molar-refractivity contribution in [1.29, 1.82) is 0 Å². The van der Waals surface area contributed by atoms with Crippen LogP contribution >= 0.6 is 11.3 Å². The molecule has 2 aromatic rings. The number of rotatable bonds is 8. The summed E-state index contributed by atoms with van der Waals surface area (Å²) >= 11 is 1.58. The van der Waals surface area contributed by atoms with E-state index in [1.165, 1.54) is 11.0 Å². The summed E-state index contributed by atoms with van der Waals surface area (Å²) in [6.45, 7) is 0.595. The van der Waals surface area contributed by atoms with E-state index in [1.54, 1.807) is 24.6 Å². The zero-order chi connectivity index (χ0) is 19.1. The number of nitrogens with one attached hydrogen (secondary N) is 2. The van der Waals surface area contributed by atoms with E-state index in [4.69, 9.17) is 4.74 Å². The average Bonchev–Trinajstić information content (AvgIpc) is 3.35. The van der Waals surface area contributed by atoms with E-state index in [0.717, 1.165) is 24.3 Å². The van der Waals surface area contributed by atoms with Crippen molar-refractivity contribution in [3.63, 3.8) is 0 Å². The van der Waals surface area contributed by atoms with Crippen LogP contribution < -0.4 is 10.6 Å². The average molecular weight is 393 g/mol. The fourth-order valence-electron chi connectivity index (χ4n) is 3.28. The topological polar surface area (TPSA) is 124 Å². The largest absolute Gasteiger partial charge is 0.379 e. The van der Waals surface area contributed by atoms with Crippen LogP contribution in [0, 0.1) is 5.92 Å². The molecule has 0 bridgehead atoms. The van der Waals surface area contributed by atoms with Gasteiger partial charge in [-0.1, -0.05) is 0 Å². The standard InChI is InChI=1S/C16H23N7O3S/c1-26-13-3-2-11(16(25)18-5-4-15-17-6-7-27-15)8-12(13)20-14(24)9-23-10-19-21-22-23/h6-7,10-13H,2-5,8-9H2,1H3,(H,18,25)(H,20,24)/t11-,12+,13+/m0/s1. The minimum Gasteiger partial charge on any atom is -0.379 e. The second-order valence-corrected chi connectivity index (χ2v) is 7.41. The van der Waals surface area contributed by atoms with Gasteiger partial charge in [0.05, 0.1) is 17.2 Å². The molecule has 2 amide bonds. The van der Waals surface area contributed by atoms with Gasteiger partial charge in [-0.3, -0.25) is 9.59 Å². The molecule has 0 spiro atoms. The van der Waals surface area contributed by atoms with E-state index in [1.807, 2.05) is 5.38 Å². The highest BCUT2D eigenvalue weighted by molar-refractivity contribution is 7.09. The predicted octanol–water partition coefficient (Wildman–Crippen LogP) is -0.212. The molecule has 3 atom stereocenters. The number of thiazole rings is 1. The lowest BCUT2D eigenvalue weighted by Gasteiger charge is -2.35. The number of hydrogen-bond donors (Lipinski definition) is 2. The molecule has 11 heteroatoms. The molecular formula is C16H23N7O3S. The molecular weight excluding hydrogens is 370 g/mol. The van der Waals surface area contributed by atoms with Gasteiger partial charge >= 0.3 is 0 Å². The van der Waals surface area contributed by atoms with Crippen molar-refractivity contribution in [3.05, 3.63) is 22.9 Å². The Morgan fingerprint density at radius 2 is 2.30 bits per heavy atom. The SMILES string of the molecule is CO[C@@H]1CC[C@H](C(=O)NCCc2nccs2)C[C@H]1NC(=O)Cn1cnnn1. The summed E-state index contributed by atoms with van der Waals surface area (Å²) in [6, 6.07) is -0.220. The van der Waals surface area contributed by atoms with E-state index in [9.17, 15) is 9.59 Å². The Hall–Kier alpha value is -2.40. The van der Waals surface area contributed by atoms with Crippen LogP contribution in [0.3, 0.4) is 0 Å². The number of tetrazole rings is 1. The summed E-state index contributed by atoms with van der Waals surface area (Å²) in [5, 5.41) is 19.6. The number of hydrogen-bond acceptors (Lipinski definition) is 8. The van der Waals surface area contributed by atoms with Gasteiger partial charge < -0.3 is 15.4 Å². The monoisotopic (exact) mass is 393 g/mol. The van der Waals surface area contributed by atoms with Crippen molar-refractivity contribution in [2.45, 2.75) is 44.4 Å². The lowest BCUT2D eigenvalue weighted by molar-refractivity contribution is -0.130. The first-order valence-corrected chi connectivity index (χ1v) is 9.72. The van der Waals surface area contributed by atoms with Crippen LogP contribution in [-0.4, -0.2) is 62.8 Å². The highest BCUT2D eigenvalue weighted by Crippen LogP contribution is 2.26. The molecule has 2 N–H and O–H groups in total. The fraction of sp³-hybridized carbons (Fsp3) is 0.625. The van der Waals surface area contributed by atoms with Crippen LogP contribution in [-0.2, 0) is 27.3 Å². The Balaban J connectivity index is 1.49. The van der Waals surface area contributed by atoms with Crippen LogP contribution in [0.15, 0.2) is 17.9 Å². The second-order valence-electron chi connectivity index (χ2n) is 6.43. The summed E-state index contributed by atoms with van der Waals surface area (Å²) in [4.78, 5) is 28.9. The summed E-state index contributed by atoms with van der Waals surface area (Å²) in [6.07, 6.45) is 5.76.